The molecule has 1 radical (unpaired) electrons. The van der Waals surface area contributed by atoms with Crippen molar-refractivity contribution >= 4 is 39.8 Å². The number of allylic oxidation sites excluding steroid dienone is 1. The summed E-state index contributed by atoms with van der Waals surface area (Å²) in [5.74, 6) is 1.40. The second-order valence-corrected chi connectivity index (χ2v) is 12.8. The normalized spacial score (nSPS) is 40.7. The van der Waals surface area contributed by atoms with Crippen LogP contribution in [-0.4, -0.2) is 33.7 Å². The molecule has 0 bridgehead atoms. The molecular formula is C26H36BrO5. The molecule has 0 aromatic heterocycles. The van der Waals surface area contributed by atoms with Gasteiger partial charge in [0, 0.05) is 24.2 Å². The van der Waals surface area contributed by atoms with Gasteiger partial charge in [0.15, 0.2) is 11.6 Å². The fourth-order valence-electron chi connectivity index (χ4n) is 7.08. The maximum Gasteiger partial charge on any atom is 0.418 e. The van der Waals surface area contributed by atoms with Gasteiger partial charge in [-0.3, -0.25) is 14.4 Å². The van der Waals surface area contributed by atoms with Crippen molar-refractivity contribution < 1.29 is 23.9 Å². The summed E-state index contributed by atoms with van der Waals surface area (Å²) >= 11 is 3.99. The Morgan fingerprint density at radius 1 is 1.12 bits per heavy atom. The van der Waals surface area contributed by atoms with E-state index in [-0.39, 0.29) is 45.6 Å². The molecule has 6 heteroatoms. The summed E-state index contributed by atoms with van der Waals surface area (Å²) in [6, 6.07) is 0. The third-order valence-electron chi connectivity index (χ3n) is 8.63. The minimum absolute atomic E-state index is 0.0242. The second kappa shape index (κ2) is 8.48. The second-order valence-electron chi connectivity index (χ2n) is 11.6. The molecule has 5 nitrogen and oxygen atoms in total. The van der Waals surface area contributed by atoms with Gasteiger partial charge in [0.05, 0.1) is 4.32 Å². The Balaban J connectivity index is 0.000000360. The van der Waals surface area contributed by atoms with Crippen molar-refractivity contribution in [3.05, 3.63) is 11.6 Å². The molecule has 0 aromatic rings. The minimum atomic E-state index is -0.569. The van der Waals surface area contributed by atoms with Crippen LogP contribution in [0.25, 0.3) is 0 Å². The number of carbonyl (C=O) groups excluding carboxylic acids is 4. The molecule has 4 rings (SSSR count). The van der Waals surface area contributed by atoms with Crippen LogP contribution in [0.5, 0.6) is 0 Å². The summed E-state index contributed by atoms with van der Waals surface area (Å²) in [5.41, 5.74) is 0.334. The zero-order valence-electron chi connectivity index (χ0n) is 20.2. The van der Waals surface area contributed by atoms with Gasteiger partial charge in [-0.2, -0.15) is 0 Å². The van der Waals surface area contributed by atoms with Crippen molar-refractivity contribution in [1.82, 2.24) is 0 Å². The van der Waals surface area contributed by atoms with Crippen molar-refractivity contribution in [3.63, 3.8) is 0 Å². The molecule has 4 aliphatic carbocycles. The van der Waals surface area contributed by atoms with Crippen LogP contribution in [0.4, 0.5) is 0 Å². The maximum atomic E-state index is 13.5. The SMILES string of the molecule is CC(=O)[C@H]1CC[C@H]2[C@@H]3CCC4=CC(=O)CC[C@]4(C)[C@@]3(Br)C(=O)C[C@]12C.CC(C)(C)O[C]=O. The molecule has 0 unspecified atom stereocenters. The number of hydrogen-bond acceptors (Lipinski definition) is 5. The van der Waals surface area contributed by atoms with E-state index in [1.165, 1.54) is 6.47 Å². The Kier molecular flexibility index (Phi) is 6.71. The van der Waals surface area contributed by atoms with E-state index in [1.807, 2.05) is 6.08 Å². The van der Waals surface area contributed by atoms with Crippen LogP contribution >= 0.6 is 15.9 Å². The van der Waals surface area contributed by atoms with Crippen molar-refractivity contribution in [3.8, 4) is 0 Å². The van der Waals surface area contributed by atoms with Gasteiger partial charge >= 0.3 is 6.47 Å². The number of hydrogen-bond donors (Lipinski definition) is 0. The lowest BCUT2D eigenvalue weighted by atomic mass is 9.46. The van der Waals surface area contributed by atoms with Crippen molar-refractivity contribution in [1.29, 1.82) is 0 Å². The molecule has 0 amide bonds. The Morgan fingerprint density at radius 2 is 1.78 bits per heavy atom. The lowest BCUT2D eigenvalue weighted by Gasteiger charge is -2.61. The standard InChI is InChI=1S/C21H27BrO3.C5H9O2/c1-12(23)15-6-7-16-17-5-4-13-10-14(24)8-9-20(13,3)21(17,22)18(25)11-19(15,16)2;1-5(2,3)7-4-6/h10,15-17H,4-9,11H2,1-3H3;1-3H3/t15-,16+,17+,19-,20+,21+;/m1./s1. The zero-order chi connectivity index (χ0) is 24.1. The summed E-state index contributed by atoms with van der Waals surface area (Å²) in [6.45, 7) is 12.8. The lowest BCUT2D eigenvalue weighted by Crippen LogP contribution is -2.64. The van der Waals surface area contributed by atoms with E-state index < -0.39 is 4.32 Å². The molecule has 177 valence electrons. The van der Waals surface area contributed by atoms with Crippen LogP contribution in [0.1, 0.15) is 86.5 Å². The van der Waals surface area contributed by atoms with Gasteiger partial charge in [0.25, 0.3) is 0 Å². The first-order valence-corrected chi connectivity index (χ1v) is 12.5. The number of rotatable bonds is 2. The van der Waals surface area contributed by atoms with Gasteiger partial charge in [0.2, 0.25) is 0 Å². The van der Waals surface area contributed by atoms with Crippen LogP contribution in [0.3, 0.4) is 0 Å². The van der Waals surface area contributed by atoms with Crippen LogP contribution < -0.4 is 0 Å². The minimum Gasteiger partial charge on any atom is -0.452 e. The fraction of sp³-hybridized carbons (Fsp3) is 0.769. The summed E-state index contributed by atoms with van der Waals surface area (Å²) in [6.07, 6.45) is 7.40. The van der Waals surface area contributed by atoms with Crippen LogP contribution in [-0.2, 0) is 23.9 Å². The van der Waals surface area contributed by atoms with Crippen molar-refractivity contribution in [2.75, 3.05) is 0 Å². The molecular weight excluding hydrogens is 472 g/mol. The Morgan fingerprint density at radius 3 is 2.31 bits per heavy atom. The highest BCUT2D eigenvalue weighted by Gasteiger charge is 2.69. The number of Topliss-reactive ketones (excluding diaryl/α,β-unsaturated/α-hetero) is 2. The first-order chi connectivity index (χ1) is 14.7. The largest absolute Gasteiger partial charge is 0.452 e. The van der Waals surface area contributed by atoms with Gasteiger partial charge in [0.1, 0.15) is 11.4 Å². The van der Waals surface area contributed by atoms with Crippen LogP contribution in [0.2, 0.25) is 0 Å². The number of ketones is 3. The van der Waals surface area contributed by atoms with E-state index >= 15 is 0 Å². The van der Waals surface area contributed by atoms with Gasteiger partial charge in [-0.15, -0.1) is 0 Å². The highest BCUT2D eigenvalue weighted by Crippen LogP contribution is 2.69. The van der Waals surface area contributed by atoms with Gasteiger partial charge < -0.3 is 4.74 Å². The van der Waals surface area contributed by atoms with Gasteiger partial charge in [-0.1, -0.05) is 35.4 Å². The van der Waals surface area contributed by atoms with Crippen molar-refractivity contribution in [2.45, 2.75) is 96.4 Å². The number of ether oxygens (including phenoxy) is 1. The van der Waals surface area contributed by atoms with E-state index in [2.05, 4.69) is 34.5 Å². The molecule has 0 aromatic carbocycles. The molecule has 4 aliphatic rings. The first kappa shape index (κ1) is 25.3. The Bertz CT molecular complexity index is 855. The van der Waals surface area contributed by atoms with Gasteiger partial charge in [-0.25, -0.2) is 4.79 Å². The Hall–Kier alpha value is -1.30. The van der Waals surface area contributed by atoms with E-state index in [0.29, 0.717) is 18.8 Å². The van der Waals surface area contributed by atoms with Crippen LogP contribution in [0.15, 0.2) is 11.6 Å². The number of carbonyl (C=O) groups is 3. The predicted octanol–water partition coefficient (Wildman–Crippen LogP) is 5.29. The van der Waals surface area contributed by atoms with E-state index in [1.54, 1.807) is 27.7 Å². The molecule has 0 heterocycles. The summed E-state index contributed by atoms with van der Waals surface area (Å²) in [4.78, 5) is 47.2. The van der Waals surface area contributed by atoms with E-state index in [0.717, 1.165) is 37.7 Å². The Labute approximate surface area is 200 Å². The first-order valence-electron chi connectivity index (χ1n) is 11.7. The molecule has 0 spiro atoms. The summed E-state index contributed by atoms with van der Waals surface area (Å²) in [7, 11) is 0. The van der Waals surface area contributed by atoms with Crippen molar-refractivity contribution in [2.24, 2.45) is 28.6 Å². The van der Waals surface area contributed by atoms with E-state index in [9.17, 15) is 19.2 Å². The average Bonchev–Trinajstić information content (AvgIpc) is 3.00. The number of alkyl halides is 1. The molecule has 0 saturated heterocycles. The molecule has 0 N–H and O–H groups in total. The molecule has 3 saturated carbocycles. The molecule has 0 aliphatic heterocycles. The number of halogens is 1. The fourth-order valence-corrected chi connectivity index (χ4v) is 8.22. The maximum absolute atomic E-state index is 13.5. The molecule has 3 fully saturated rings. The highest BCUT2D eigenvalue weighted by molar-refractivity contribution is 9.10. The predicted molar refractivity (Wildman–Crippen MR) is 126 cm³/mol. The summed E-state index contributed by atoms with van der Waals surface area (Å²) < 4.78 is 3.85. The van der Waals surface area contributed by atoms with E-state index in [4.69, 9.17) is 0 Å². The summed E-state index contributed by atoms with van der Waals surface area (Å²) in [5, 5.41) is 0. The quantitative estimate of drug-likeness (QED) is 0.474. The molecule has 32 heavy (non-hydrogen) atoms. The van der Waals surface area contributed by atoms with Crippen LogP contribution in [0, 0.1) is 28.6 Å². The highest BCUT2D eigenvalue weighted by atomic mass is 79.9. The number of fused-ring (bicyclic) bond motifs is 5. The third kappa shape index (κ3) is 3.95. The third-order valence-corrected chi connectivity index (χ3v) is 10.5. The molecule has 6 atom stereocenters. The zero-order valence-corrected chi connectivity index (χ0v) is 21.8. The lowest BCUT2D eigenvalue weighted by molar-refractivity contribution is -0.143. The smallest absolute Gasteiger partial charge is 0.418 e. The topological polar surface area (TPSA) is 77.5 Å². The monoisotopic (exact) mass is 507 g/mol. The van der Waals surface area contributed by atoms with Gasteiger partial charge in [-0.05, 0) is 83.1 Å². The average molecular weight is 508 g/mol.